The summed E-state index contributed by atoms with van der Waals surface area (Å²) in [6.45, 7) is 11.7. The maximum absolute atomic E-state index is 10.6. The predicted molar refractivity (Wildman–Crippen MR) is 130 cm³/mol. The maximum Gasteiger partial charge on any atom is 0.307 e. The monoisotopic (exact) mass is 448 g/mol. The Hall–Kier alpha value is -1.13. The normalized spacial score (nSPS) is 23.4. The Bertz CT molecular complexity index is 676. The summed E-state index contributed by atoms with van der Waals surface area (Å²) < 4.78 is 6.93. The number of aliphatic carboxylic acids is 1. The second-order valence-corrected chi connectivity index (χ2v) is 15.7. The van der Waals surface area contributed by atoms with Crippen molar-refractivity contribution in [2.75, 3.05) is 0 Å². The quantitative estimate of drug-likeness (QED) is 0.212. The van der Waals surface area contributed by atoms with Crippen LogP contribution in [0.15, 0.2) is 29.5 Å². The average Bonchev–Trinajstić information content (AvgIpc) is 3.31. The molecule has 0 aliphatic heterocycles. The van der Waals surface area contributed by atoms with E-state index in [1.54, 1.807) is 6.08 Å². The lowest BCUT2D eigenvalue weighted by Gasteiger charge is -2.41. The van der Waals surface area contributed by atoms with E-state index in [1.165, 1.54) is 31.3 Å². The second-order valence-electron chi connectivity index (χ2n) is 10.9. The molecule has 31 heavy (non-hydrogen) atoms. The SMILES string of the molecule is CC(C)(C)[Si](C)(C)OC(CCC1=CC[C@H](O)[C@@H]1CCC=C=CCC(=O)O)C1CCCC1. The van der Waals surface area contributed by atoms with Crippen LogP contribution in [-0.4, -0.2) is 36.7 Å². The molecule has 5 heteroatoms. The molecule has 0 radical (unpaired) electrons. The fourth-order valence-electron chi connectivity index (χ4n) is 4.66. The molecule has 0 heterocycles. The highest BCUT2D eigenvalue weighted by molar-refractivity contribution is 6.74. The Kier molecular flexibility index (Phi) is 9.82. The summed E-state index contributed by atoms with van der Waals surface area (Å²) in [7, 11) is -1.81. The van der Waals surface area contributed by atoms with E-state index in [-0.39, 0.29) is 23.5 Å². The topological polar surface area (TPSA) is 66.8 Å². The van der Waals surface area contributed by atoms with E-state index >= 15 is 0 Å². The van der Waals surface area contributed by atoms with Gasteiger partial charge in [-0.05, 0) is 81.1 Å². The predicted octanol–water partition coefficient (Wildman–Crippen LogP) is 6.62. The summed E-state index contributed by atoms with van der Waals surface area (Å²) in [6.07, 6.45) is 15.5. The van der Waals surface area contributed by atoms with Crippen LogP contribution < -0.4 is 0 Å². The van der Waals surface area contributed by atoms with Crippen molar-refractivity contribution in [3.8, 4) is 0 Å². The van der Waals surface area contributed by atoms with Gasteiger partial charge >= 0.3 is 5.97 Å². The molecule has 1 fully saturated rings. The van der Waals surface area contributed by atoms with Crippen LogP contribution in [0.5, 0.6) is 0 Å². The number of rotatable bonds is 11. The minimum atomic E-state index is -1.81. The van der Waals surface area contributed by atoms with Crippen molar-refractivity contribution in [2.45, 2.75) is 115 Å². The number of carbonyl (C=O) groups is 1. The molecule has 2 aliphatic rings. The smallest absolute Gasteiger partial charge is 0.307 e. The average molecular weight is 449 g/mol. The van der Waals surface area contributed by atoms with Crippen molar-refractivity contribution in [3.63, 3.8) is 0 Å². The van der Waals surface area contributed by atoms with Gasteiger partial charge in [-0.1, -0.05) is 45.3 Å². The Morgan fingerprint density at radius 3 is 2.58 bits per heavy atom. The molecule has 0 saturated heterocycles. The molecule has 1 saturated carbocycles. The van der Waals surface area contributed by atoms with Gasteiger partial charge in [0.1, 0.15) is 0 Å². The van der Waals surface area contributed by atoms with E-state index in [4.69, 9.17) is 9.53 Å². The van der Waals surface area contributed by atoms with Gasteiger partial charge in [0, 0.05) is 12.0 Å². The van der Waals surface area contributed by atoms with Crippen LogP contribution >= 0.6 is 0 Å². The van der Waals surface area contributed by atoms with Gasteiger partial charge < -0.3 is 14.6 Å². The van der Waals surface area contributed by atoms with Crippen LogP contribution in [0.3, 0.4) is 0 Å². The lowest BCUT2D eigenvalue weighted by molar-refractivity contribution is -0.136. The molecule has 4 nitrogen and oxygen atoms in total. The summed E-state index contributed by atoms with van der Waals surface area (Å²) in [6, 6.07) is 0. The zero-order valence-electron chi connectivity index (χ0n) is 20.3. The number of aliphatic hydroxyl groups excluding tert-OH is 1. The summed E-state index contributed by atoms with van der Waals surface area (Å²) in [5, 5.41) is 19.4. The molecule has 176 valence electrons. The zero-order chi connectivity index (χ0) is 23.1. The number of carboxylic acids is 1. The highest BCUT2D eigenvalue weighted by atomic mass is 28.4. The maximum atomic E-state index is 10.6. The Labute approximate surface area is 190 Å². The fraction of sp³-hybridized carbons (Fsp3) is 0.769. The van der Waals surface area contributed by atoms with Crippen molar-refractivity contribution >= 4 is 14.3 Å². The van der Waals surface area contributed by atoms with E-state index in [0.29, 0.717) is 12.0 Å². The van der Waals surface area contributed by atoms with Gasteiger partial charge in [-0.25, -0.2) is 0 Å². The molecule has 0 bridgehead atoms. The van der Waals surface area contributed by atoms with Crippen LogP contribution in [0.4, 0.5) is 0 Å². The van der Waals surface area contributed by atoms with Gasteiger partial charge in [0.2, 0.25) is 0 Å². The fourth-order valence-corrected chi connectivity index (χ4v) is 6.08. The van der Waals surface area contributed by atoms with Crippen molar-refractivity contribution in [1.82, 2.24) is 0 Å². The Morgan fingerprint density at radius 1 is 1.29 bits per heavy atom. The molecule has 2 N–H and O–H groups in total. The summed E-state index contributed by atoms with van der Waals surface area (Å²) in [4.78, 5) is 10.6. The minimum absolute atomic E-state index is 0.00445. The first-order chi connectivity index (χ1) is 14.5. The van der Waals surface area contributed by atoms with E-state index in [2.05, 4.69) is 45.7 Å². The van der Waals surface area contributed by atoms with Crippen LogP contribution in [0.1, 0.15) is 85.0 Å². The highest BCUT2D eigenvalue weighted by Crippen LogP contribution is 2.42. The molecule has 0 amide bonds. The van der Waals surface area contributed by atoms with Gasteiger partial charge in [-0.15, -0.1) is 5.73 Å². The molecule has 2 rings (SSSR count). The molecule has 0 aromatic carbocycles. The number of hydrogen-bond donors (Lipinski definition) is 2. The summed E-state index contributed by atoms with van der Waals surface area (Å²) in [5.41, 5.74) is 4.34. The van der Waals surface area contributed by atoms with E-state index in [0.717, 1.165) is 32.1 Å². The number of aliphatic hydroxyl groups is 1. The van der Waals surface area contributed by atoms with Crippen molar-refractivity contribution in [1.29, 1.82) is 0 Å². The molecule has 1 unspecified atom stereocenters. The second kappa shape index (κ2) is 11.6. The van der Waals surface area contributed by atoms with Gasteiger partial charge in [-0.2, -0.15) is 0 Å². The molecular weight excluding hydrogens is 404 g/mol. The highest BCUT2D eigenvalue weighted by Gasteiger charge is 2.41. The lowest BCUT2D eigenvalue weighted by Crippen LogP contribution is -2.45. The molecule has 0 aromatic rings. The van der Waals surface area contributed by atoms with Crippen LogP contribution in [-0.2, 0) is 9.22 Å². The number of hydrogen-bond acceptors (Lipinski definition) is 3. The van der Waals surface area contributed by atoms with Crippen LogP contribution in [0.2, 0.25) is 18.1 Å². The third-order valence-electron chi connectivity index (χ3n) is 7.59. The van der Waals surface area contributed by atoms with Gasteiger partial charge in [0.15, 0.2) is 8.32 Å². The van der Waals surface area contributed by atoms with Gasteiger partial charge in [0.25, 0.3) is 0 Å². The lowest BCUT2D eigenvalue weighted by atomic mass is 9.88. The van der Waals surface area contributed by atoms with Crippen LogP contribution in [0.25, 0.3) is 0 Å². The molecule has 2 aliphatic carbocycles. The van der Waals surface area contributed by atoms with Crippen molar-refractivity contribution < 1.29 is 19.4 Å². The van der Waals surface area contributed by atoms with E-state index < -0.39 is 14.3 Å². The van der Waals surface area contributed by atoms with E-state index in [9.17, 15) is 9.90 Å². The third-order valence-corrected chi connectivity index (χ3v) is 12.1. The summed E-state index contributed by atoms with van der Waals surface area (Å²) in [5.74, 6) is 0.0468. The minimum Gasteiger partial charge on any atom is -0.481 e. The van der Waals surface area contributed by atoms with Crippen molar-refractivity contribution in [2.24, 2.45) is 11.8 Å². The standard InChI is InChI=1S/C26H44O4Si/c1-26(2,3)31(4,5)30-24(21-12-10-11-13-21)19-17-20-16-18-23(27)22(20)14-8-6-7-9-15-25(28)29/h6,9,16,21-24,27H,8,10-15,17-19H2,1-5H3,(H,28,29)/t7?,22-,23+,24?/m1/s1. The molecule has 0 spiro atoms. The third kappa shape index (κ3) is 8.05. The molecular formula is C26H44O4Si. The Balaban J connectivity index is 1.95. The first-order valence-corrected chi connectivity index (χ1v) is 15.1. The largest absolute Gasteiger partial charge is 0.481 e. The first kappa shape index (κ1) is 26.1. The first-order valence-electron chi connectivity index (χ1n) is 12.2. The number of carboxylic acid groups (broad SMARTS) is 1. The Morgan fingerprint density at radius 2 is 1.97 bits per heavy atom. The zero-order valence-corrected chi connectivity index (χ0v) is 21.3. The van der Waals surface area contributed by atoms with E-state index in [1.807, 2.05) is 6.08 Å². The van der Waals surface area contributed by atoms with Gasteiger partial charge in [0.05, 0.1) is 12.5 Å². The van der Waals surface area contributed by atoms with Crippen molar-refractivity contribution in [3.05, 3.63) is 29.5 Å². The van der Waals surface area contributed by atoms with Crippen LogP contribution in [0, 0.1) is 11.8 Å². The molecule has 0 aromatic heterocycles. The van der Waals surface area contributed by atoms with Gasteiger partial charge in [-0.3, -0.25) is 4.79 Å². The summed E-state index contributed by atoms with van der Waals surface area (Å²) >= 11 is 0. The molecule has 3 atom stereocenters.